The van der Waals surface area contributed by atoms with Gasteiger partial charge in [-0.2, -0.15) is 0 Å². The number of rotatable bonds is 2. The van der Waals surface area contributed by atoms with Crippen molar-refractivity contribution in [1.29, 1.82) is 0 Å². The average molecular weight is 228 g/mol. The van der Waals surface area contributed by atoms with E-state index in [1.807, 2.05) is 20.8 Å². The summed E-state index contributed by atoms with van der Waals surface area (Å²) in [4.78, 5) is 19.7. The number of hydrogen-bond acceptors (Lipinski definition) is 3. The van der Waals surface area contributed by atoms with Gasteiger partial charge in [-0.1, -0.05) is 13.2 Å². The third-order valence-corrected chi connectivity index (χ3v) is 0.748. The number of esters is 1. The number of ether oxygens (including phenoxy) is 1. The van der Waals surface area contributed by atoms with Crippen LogP contribution in [-0.2, 0) is 14.3 Å². The van der Waals surface area contributed by atoms with E-state index in [0.717, 1.165) is 12.2 Å². The van der Waals surface area contributed by atoms with Gasteiger partial charge in [-0.15, -0.1) is 13.2 Å². The van der Waals surface area contributed by atoms with Crippen LogP contribution in [0.4, 0.5) is 0 Å². The smallest absolute Gasteiger partial charge is 0.330 e. The van der Waals surface area contributed by atoms with Crippen LogP contribution in [0.25, 0.3) is 0 Å². The Balaban J connectivity index is -0.000000205. The minimum absolute atomic E-state index is 0.373. The molecule has 4 nitrogen and oxygen atoms in total. The maximum absolute atomic E-state index is 10.5. The predicted molar refractivity (Wildman–Crippen MR) is 65.1 cm³/mol. The Kier molecular flexibility index (Phi) is 13.8. The summed E-state index contributed by atoms with van der Waals surface area (Å²) in [7, 11) is 0. The van der Waals surface area contributed by atoms with Crippen molar-refractivity contribution < 1.29 is 19.4 Å². The molecule has 0 heterocycles. The Labute approximate surface area is 96.9 Å². The summed E-state index contributed by atoms with van der Waals surface area (Å²) in [5.74, 6) is -1.35. The Morgan fingerprint density at radius 1 is 1.12 bits per heavy atom. The summed E-state index contributed by atoms with van der Waals surface area (Å²) in [6.45, 7) is 17.7. The Morgan fingerprint density at radius 3 is 1.50 bits per heavy atom. The monoisotopic (exact) mass is 228 g/mol. The molecule has 0 rings (SSSR count). The molecule has 92 valence electrons. The summed E-state index contributed by atoms with van der Waals surface area (Å²) in [5, 5.41) is 7.60. The molecule has 0 aromatic carbocycles. The molecular weight excluding hydrogens is 208 g/mol. The third-order valence-electron chi connectivity index (χ3n) is 0.748. The molecule has 4 heteroatoms. The molecule has 0 aliphatic carbocycles. The molecule has 0 aliphatic heterocycles. The molecule has 0 aromatic rings. The quantitative estimate of drug-likeness (QED) is 0.448. The lowest BCUT2D eigenvalue weighted by molar-refractivity contribution is -0.148. The van der Waals surface area contributed by atoms with E-state index in [0.29, 0.717) is 0 Å². The molecule has 0 amide bonds. The number of aliphatic carboxylic acids is 1. The van der Waals surface area contributed by atoms with Crippen molar-refractivity contribution in [3.63, 3.8) is 0 Å². The lowest BCUT2D eigenvalue weighted by Crippen LogP contribution is -2.22. The lowest BCUT2D eigenvalue weighted by Gasteiger charge is -2.17. The van der Waals surface area contributed by atoms with Crippen LogP contribution in [0.15, 0.2) is 38.5 Å². The van der Waals surface area contributed by atoms with Crippen molar-refractivity contribution in [2.45, 2.75) is 26.4 Å². The predicted octanol–water partition coefficient (Wildman–Crippen LogP) is 2.57. The first-order valence-electron chi connectivity index (χ1n) is 4.43. The van der Waals surface area contributed by atoms with Gasteiger partial charge in [0.25, 0.3) is 0 Å². The fourth-order valence-electron chi connectivity index (χ4n) is 0.343. The van der Waals surface area contributed by atoms with E-state index in [1.165, 1.54) is 0 Å². The van der Waals surface area contributed by atoms with Gasteiger partial charge in [0.05, 0.1) is 0 Å². The third kappa shape index (κ3) is 29.5. The maximum atomic E-state index is 10.5. The first-order chi connectivity index (χ1) is 7.22. The van der Waals surface area contributed by atoms with Crippen molar-refractivity contribution in [1.82, 2.24) is 0 Å². The van der Waals surface area contributed by atoms with E-state index in [-0.39, 0.29) is 5.97 Å². The van der Waals surface area contributed by atoms with Gasteiger partial charge < -0.3 is 9.84 Å². The SMILES string of the molecule is C=C.C=CC(=O)O.C=CC(=O)OC(C)(C)C. The molecule has 0 aromatic heterocycles. The number of carboxylic acids is 1. The number of carbonyl (C=O) groups excluding carboxylic acids is 1. The molecule has 0 saturated carbocycles. The zero-order valence-electron chi connectivity index (χ0n) is 10.2. The molecule has 16 heavy (non-hydrogen) atoms. The highest BCUT2D eigenvalue weighted by molar-refractivity contribution is 5.81. The van der Waals surface area contributed by atoms with Crippen LogP contribution in [0.5, 0.6) is 0 Å². The molecule has 1 N–H and O–H groups in total. The van der Waals surface area contributed by atoms with E-state index < -0.39 is 11.6 Å². The van der Waals surface area contributed by atoms with Gasteiger partial charge in [0.2, 0.25) is 0 Å². The Bertz CT molecular complexity index is 236. The molecule has 0 radical (unpaired) electrons. The number of carboxylic acid groups (broad SMARTS) is 1. The van der Waals surface area contributed by atoms with E-state index in [2.05, 4.69) is 26.3 Å². The number of hydrogen-bond donors (Lipinski definition) is 1. The van der Waals surface area contributed by atoms with Crippen molar-refractivity contribution in [2.75, 3.05) is 0 Å². The summed E-state index contributed by atoms with van der Waals surface area (Å²) in [6, 6.07) is 0. The van der Waals surface area contributed by atoms with Crippen molar-refractivity contribution >= 4 is 11.9 Å². The van der Waals surface area contributed by atoms with E-state index in [1.54, 1.807) is 0 Å². The van der Waals surface area contributed by atoms with E-state index in [9.17, 15) is 9.59 Å². The van der Waals surface area contributed by atoms with Gasteiger partial charge in [0.1, 0.15) is 5.60 Å². The molecule has 0 aliphatic rings. The summed E-state index contributed by atoms with van der Waals surface area (Å²) in [5.41, 5.74) is -0.398. The molecule has 0 saturated heterocycles. The van der Waals surface area contributed by atoms with Crippen LogP contribution in [0.2, 0.25) is 0 Å². The second-order valence-corrected chi connectivity index (χ2v) is 3.28. The van der Waals surface area contributed by atoms with Crippen LogP contribution in [0, 0.1) is 0 Å². The second-order valence-electron chi connectivity index (χ2n) is 3.28. The van der Waals surface area contributed by atoms with Crippen molar-refractivity contribution in [3.05, 3.63) is 38.5 Å². The summed E-state index contributed by atoms with van der Waals surface area (Å²) in [6.07, 6.45) is 1.99. The van der Waals surface area contributed by atoms with Gasteiger partial charge in [0, 0.05) is 12.2 Å². The standard InChI is InChI=1S/C7H12O2.C3H4O2.C2H4/c1-5-6(8)9-7(2,3)4;1-2-3(4)5;1-2/h5H,1H2,2-4H3;2H,1H2,(H,4,5);1-2H2. The highest BCUT2D eigenvalue weighted by atomic mass is 16.6. The van der Waals surface area contributed by atoms with Crippen LogP contribution in [-0.4, -0.2) is 22.6 Å². The Hall–Kier alpha value is -1.84. The molecule has 0 spiro atoms. The normalized spacial score (nSPS) is 8.19. The largest absolute Gasteiger partial charge is 0.478 e. The highest BCUT2D eigenvalue weighted by Gasteiger charge is 2.12. The maximum Gasteiger partial charge on any atom is 0.330 e. The van der Waals surface area contributed by atoms with Crippen LogP contribution < -0.4 is 0 Å². The van der Waals surface area contributed by atoms with Gasteiger partial charge in [-0.05, 0) is 20.8 Å². The highest BCUT2D eigenvalue weighted by Crippen LogP contribution is 2.06. The molecule has 0 atom stereocenters. The average Bonchev–Trinajstić information content (AvgIpc) is 2.19. The van der Waals surface area contributed by atoms with Gasteiger partial charge in [-0.25, -0.2) is 9.59 Å². The van der Waals surface area contributed by atoms with Crippen LogP contribution in [0.3, 0.4) is 0 Å². The fraction of sp³-hybridized carbons (Fsp3) is 0.333. The van der Waals surface area contributed by atoms with E-state index >= 15 is 0 Å². The second kappa shape index (κ2) is 11.2. The van der Waals surface area contributed by atoms with Crippen LogP contribution >= 0.6 is 0 Å². The minimum atomic E-state index is -0.981. The molecule has 0 bridgehead atoms. The summed E-state index contributed by atoms with van der Waals surface area (Å²) >= 11 is 0. The van der Waals surface area contributed by atoms with Crippen molar-refractivity contribution in [3.8, 4) is 0 Å². The van der Waals surface area contributed by atoms with Gasteiger partial charge in [0.15, 0.2) is 0 Å². The topological polar surface area (TPSA) is 63.6 Å². The first-order valence-corrected chi connectivity index (χ1v) is 4.43. The lowest BCUT2D eigenvalue weighted by atomic mass is 10.2. The van der Waals surface area contributed by atoms with Gasteiger partial charge >= 0.3 is 11.9 Å². The first kappa shape index (κ1) is 19.7. The van der Waals surface area contributed by atoms with Crippen molar-refractivity contribution in [2.24, 2.45) is 0 Å². The zero-order valence-corrected chi connectivity index (χ0v) is 10.2. The van der Waals surface area contributed by atoms with Gasteiger partial charge in [-0.3, -0.25) is 0 Å². The molecule has 0 unspecified atom stereocenters. The van der Waals surface area contributed by atoms with Crippen LogP contribution in [0.1, 0.15) is 20.8 Å². The fourth-order valence-corrected chi connectivity index (χ4v) is 0.343. The van der Waals surface area contributed by atoms with E-state index in [4.69, 9.17) is 9.84 Å². The number of carbonyl (C=O) groups is 2. The molecular formula is C12H20O4. The summed E-state index contributed by atoms with van der Waals surface area (Å²) < 4.78 is 4.83. The minimum Gasteiger partial charge on any atom is -0.478 e. The Morgan fingerprint density at radius 2 is 1.44 bits per heavy atom. The zero-order chi connectivity index (χ0) is 13.8. The molecule has 0 fully saturated rings.